The standard InChI is InChI=1S/C15H17N5O3S2/c1-22-7-6-20-13(18-19-15(20)24-8-10(21)23-2)12-11(16)9-4-3-5-17-14(9)25-12/h3-5H,6-8,16H2,1-2H3. The van der Waals surface area contributed by atoms with E-state index in [0.717, 1.165) is 15.1 Å². The Balaban J connectivity index is 2.00. The molecule has 0 aromatic carbocycles. The van der Waals surface area contributed by atoms with Gasteiger partial charge in [-0.2, -0.15) is 0 Å². The van der Waals surface area contributed by atoms with Gasteiger partial charge in [0.25, 0.3) is 0 Å². The number of rotatable bonds is 7. The topological polar surface area (TPSA) is 105 Å². The molecule has 0 atom stereocenters. The van der Waals surface area contributed by atoms with Gasteiger partial charge in [0.2, 0.25) is 0 Å². The second kappa shape index (κ2) is 7.81. The minimum Gasteiger partial charge on any atom is -0.468 e. The zero-order valence-corrected chi connectivity index (χ0v) is 15.4. The van der Waals surface area contributed by atoms with Crippen LogP contribution < -0.4 is 5.73 Å². The number of anilines is 1. The molecule has 2 N–H and O–H groups in total. The Labute approximate surface area is 152 Å². The Morgan fingerprint density at radius 2 is 2.24 bits per heavy atom. The van der Waals surface area contributed by atoms with Crippen LogP contribution in [0.4, 0.5) is 5.69 Å². The van der Waals surface area contributed by atoms with Gasteiger partial charge in [-0.1, -0.05) is 11.8 Å². The summed E-state index contributed by atoms with van der Waals surface area (Å²) in [6.45, 7) is 1.03. The lowest BCUT2D eigenvalue weighted by atomic mass is 10.2. The zero-order valence-electron chi connectivity index (χ0n) is 13.8. The molecule has 0 unspecified atom stereocenters. The molecule has 25 heavy (non-hydrogen) atoms. The average molecular weight is 379 g/mol. The molecule has 0 aliphatic rings. The maximum absolute atomic E-state index is 11.4. The van der Waals surface area contributed by atoms with Crippen molar-refractivity contribution in [2.75, 3.05) is 32.3 Å². The number of hydrogen-bond acceptors (Lipinski definition) is 9. The van der Waals surface area contributed by atoms with Gasteiger partial charge in [0, 0.05) is 18.7 Å². The molecule has 132 valence electrons. The molecule has 0 saturated carbocycles. The van der Waals surface area contributed by atoms with Crippen molar-refractivity contribution in [3.8, 4) is 10.7 Å². The number of ether oxygens (including phenoxy) is 2. The summed E-state index contributed by atoms with van der Waals surface area (Å²) in [5.74, 6) is 0.480. The molecular formula is C15H17N5O3S2. The predicted octanol–water partition coefficient (Wildman–Crippen LogP) is 2.05. The van der Waals surface area contributed by atoms with Crippen LogP contribution in [-0.4, -0.2) is 52.3 Å². The smallest absolute Gasteiger partial charge is 0.316 e. The van der Waals surface area contributed by atoms with Crippen molar-refractivity contribution in [3.05, 3.63) is 18.3 Å². The summed E-state index contributed by atoms with van der Waals surface area (Å²) in [5, 5.41) is 10.0. The van der Waals surface area contributed by atoms with Crippen LogP contribution >= 0.6 is 23.1 Å². The minimum absolute atomic E-state index is 0.158. The van der Waals surface area contributed by atoms with Gasteiger partial charge in [-0.05, 0) is 12.1 Å². The van der Waals surface area contributed by atoms with Crippen molar-refractivity contribution in [2.45, 2.75) is 11.7 Å². The number of hydrogen-bond donors (Lipinski definition) is 1. The molecule has 3 heterocycles. The summed E-state index contributed by atoms with van der Waals surface area (Å²) in [6, 6.07) is 3.78. The fourth-order valence-corrected chi connectivity index (χ4v) is 4.10. The SMILES string of the molecule is COCCn1c(SCC(=O)OC)nnc1-c1sc2ncccc2c1N. The number of nitrogen functional groups attached to an aromatic ring is 1. The fraction of sp³-hybridized carbons (Fsp3) is 0.333. The third kappa shape index (κ3) is 3.60. The van der Waals surface area contributed by atoms with E-state index < -0.39 is 0 Å². The normalized spacial score (nSPS) is 11.1. The first-order valence-corrected chi connectivity index (χ1v) is 9.21. The van der Waals surface area contributed by atoms with Crippen LogP contribution in [-0.2, 0) is 20.8 Å². The summed E-state index contributed by atoms with van der Waals surface area (Å²) in [7, 11) is 2.98. The Hall–Kier alpha value is -2.17. The molecule has 0 radical (unpaired) electrons. The summed E-state index contributed by atoms with van der Waals surface area (Å²) in [4.78, 5) is 17.4. The van der Waals surface area contributed by atoms with Crippen molar-refractivity contribution in [3.63, 3.8) is 0 Å². The van der Waals surface area contributed by atoms with E-state index >= 15 is 0 Å². The van der Waals surface area contributed by atoms with Gasteiger partial charge in [-0.15, -0.1) is 21.5 Å². The van der Waals surface area contributed by atoms with Gasteiger partial charge in [0.15, 0.2) is 11.0 Å². The molecule has 0 aliphatic heterocycles. The van der Waals surface area contributed by atoms with Gasteiger partial charge >= 0.3 is 5.97 Å². The van der Waals surface area contributed by atoms with E-state index in [2.05, 4.69) is 19.9 Å². The van der Waals surface area contributed by atoms with Gasteiger partial charge in [0.1, 0.15) is 4.83 Å². The van der Waals surface area contributed by atoms with Crippen molar-refractivity contribution < 1.29 is 14.3 Å². The van der Waals surface area contributed by atoms with Crippen LogP contribution in [0, 0.1) is 0 Å². The molecular weight excluding hydrogens is 362 g/mol. The number of carbonyl (C=O) groups is 1. The summed E-state index contributed by atoms with van der Waals surface area (Å²) in [6.07, 6.45) is 1.73. The fourth-order valence-electron chi connectivity index (χ4n) is 2.25. The second-order valence-electron chi connectivity index (χ2n) is 5.02. The van der Waals surface area contributed by atoms with E-state index in [9.17, 15) is 4.79 Å². The number of aromatic nitrogens is 4. The van der Waals surface area contributed by atoms with Gasteiger partial charge in [-0.3, -0.25) is 9.36 Å². The first kappa shape index (κ1) is 17.6. The minimum atomic E-state index is -0.321. The van der Waals surface area contributed by atoms with E-state index in [1.54, 1.807) is 13.3 Å². The number of nitrogens with two attached hydrogens (primary N) is 1. The Morgan fingerprint density at radius 1 is 1.40 bits per heavy atom. The molecule has 0 fully saturated rings. The molecule has 0 saturated heterocycles. The number of thiophene rings is 1. The maximum atomic E-state index is 11.4. The number of esters is 1. The molecule has 3 rings (SSSR count). The molecule has 0 amide bonds. The summed E-state index contributed by atoms with van der Waals surface area (Å²) >= 11 is 2.73. The third-order valence-electron chi connectivity index (χ3n) is 3.49. The lowest BCUT2D eigenvalue weighted by molar-refractivity contribution is -0.137. The van der Waals surface area contributed by atoms with Crippen molar-refractivity contribution in [1.82, 2.24) is 19.7 Å². The number of fused-ring (bicyclic) bond motifs is 1. The van der Waals surface area contributed by atoms with E-state index in [1.807, 2.05) is 16.7 Å². The van der Waals surface area contributed by atoms with Crippen LogP contribution in [0.5, 0.6) is 0 Å². The quantitative estimate of drug-likeness (QED) is 0.491. The highest BCUT2D eigenvalue weighted by Gasteiger charge is 2.21. The first-order chi connectivity index (χ1) is 12.2. The highest BCUT2D eigenvalue weighted by atomic mass is 32.2. The molecule has 3 aromatic rings. The molecule has 0 aliphatic carbocycles. The lowest BCUT2D eigenvalue weighted by Gasteiger charge is -2.08. The van der Waals surface area contributed by atoms with E-state index in [1.165, 1.54) is 30.2 Å². The number of pyridine rings is 1. The number of nitrogens with zero attached hydrogens (tertiary/aromatic N) is 4. The Bertz CT molecular complexity index is 893. The summed E-state index contributed by atoms with van der Waals surface area (Å²) < 4.78 is 11.8. The molecule has 3 aromatic heterocycles. The Morgan fingerprint density at radius 3 is 2.96 bits per heavy atom. The van der Waals surface area contributed by atoms with E-state index in [0.29, 0.717) is 29.8 Å². The number of thioether (sulfide) groups is 1. The number of carbonyl (C=O) groups excluding carboxylic acids is 1. The monoisotopic (exact) mass is 379 g/mol. The highest BCUT2D eigenvalue weighted by molar-refractivity contribution is 7.99. The van der Waals surface area contributed by atoms with Gasteiger partial charge in [-0.25, -0.2) is 4.98 Å². The summed E-state index contributed by atoms with van der Waals surface area (Å²) in [5.41, 5.74) is 6.93. The molecule has 0 spiro atoms. The highest BCUT2D eigenvalue weighted by Crippen LogP contribution is 2.39. The van der Waals surface area contributed by atoms with Crippen LogP contribution in [0.1, 0.15) is 0 Å². The molecule has 10 heteroatoms. The maximum Gasteiger partial charge on any atom is 0.316 e. The largest absolute Gasteiger partial charge is 0.468 e. The van der Waals surface area contributed by atoms with E-state index in [-0.39, 0.29) is 11.7 Å². The predicted molar refractivity (Wildman–Crippen MR) is 97.7 cm³/mol. The van der Waals surface area contributed by atoms with Crippen LogP contribution in [0.25, 0.3) is 20.9 Å². The first-order valence-electron chi connectivity index (χ1n) is 7.40. The zero-order chi connectivity index (χ0) is 17.8. The van der Waals surface area contributed by atoms with Crippen LogP contribution in [0.2, 0.25) is 0 Å². The third-order valence-corrected chi connectivity index (χ3v) is 5.56. The van der Waals surface area contributed by atoms with Crippen LogP contribution in [0.15, 0.2) is 23.5 Å². The van der Waals surface area contributed by atoms with E-state index in [4.69, 9.17) is 10.5 Å². The van der Waals surface area contributed by atoms with Gasteiger partial charge in [0.05, 0.1) is 36.6 Å². The van der Waals surface area contributed by atoms with Crippen molar-refractivity contribution in [2.24, 2.45) is 0 Å². The van der Waals surface area contributed by atoms with Gasteiger partial charge < -0.3 is 15.2 Å². The molecule has 0 bridgehead atoms. The number of methoxy groups -OCH3 is 2. The second-order valence-corrected chi connectivity index (χ2v) is 6.96. The average Bonchev–Trinajstić information content (AvgIpc) is 3.18. The van der Waals surface area contributed by atoms with Crippen LogP contribution in [0.3, 0.4) is 0 Å². The lowest BCUT2D eigenvalue weighted by Crippen LogP contribution is -2.09. The van der Waals surface area contributed by atoms with Crippen molar-refractivity contribution >= 4 is 45.0 Å². The molecule has 8 nitrogen and oxygen atoms in total. The van der Waals surface area contributed by atoms with Crippen molar-refractivity contribution in [1.29, 1.82) is 0 Å². The Kier molecular flexibility index (Phi) is 5.51.